The Bertz CT molecular complexity index is 1000. The highest BCUT2D eigenvalue weighted by Crippen LogP contribution is 2.26. The number of amides is 1. The van der Waals surface area contributed by atoms with E-state index in [0.29, 0.717) is 12.1 Å². The van der Waals surface area contributed by atoms with Crippen LogP contribution >= 0.6 is 0 Å². The number of esters is 1. The Kier molecular flexibility index (Phi) is 6.79. The minimum absolute atomic E-state index is 0.336. The molecule has 1 N–H and O–H groups in total. The van der Waals surface area contributed by atoms with Crippen molar-refractivity contribution in [1.29, 1.82) is 0 Å². The molecule has 1 aliphatic heterocycles. The third kappa shape index (κ3) is 6.00. The first kappa shape index (κ1) is 20.8. The van der Waals surface area contributed by atoms with Crippen LogP contribution < -0.4 is 9.62 Å². The third-order valence-electron chi connectivity index (χ3n) is 4.42. The van der Waals surface area contributed by atoms with Gasteiger partial charge in [0.15, 0.2) is 6.61 Å². The molecule has 0 saturated carbocycles. The summed E-state index contributed by atoms with van der Waals surface area (Å²) in [4.78, 5) is 25.9. The van der Waals surface area contributed by atoms with E-state index in [2.05, 4.69) is 4.72 Å². The fourth-order valence-corrected chi connectivity index (χ4v) is 3.76. The smallest absolute Gasteiger partial charge is 0.321 e. The molecule has 0 radical (unpaired) electrons. The van der Waals surface area contributed by atoms with Crippen molar-refractivity contribution in [3.05, 3.63) is 71.1 Å². The average molecular weight is 414 g/mol. The molecule has 8 heteroatoms. The number of para-hydroxylation sites is 1. The lowest BCUT2D eigenvalue weighted by Gasteiger charge is -2.29. The van der Waals surface area contributed by atoms with Crippen LogP contribution in [0.25, 0.3) is 6.08 Å². The van der Waals surface area contributed by atoms with E-state index in [0.717, 1.165) is 29.5 Å². The summed E-state index contributed by atoms with van der Waals surface area (Å²) in [6.07, 6.45) is 3.16. The number of benzene rings is 2. The van der Waals surface area contributed by atoms with Crippen LogP contribution in [0, 0.1) is 0 Å². The lowest BCUT2D eigenvalue weighted by atomic mass is 10.0. The van der Waals surface area contributed by atoms with Crippen LogP contribution in [0.2, 0.25) is 0 Å². The first-order valence-corrected chi connectivity index (χ1v) is 10.8. The van der Waals surface area contributed by atoms with Crippen molar-refractivity contribution in [3.8, 4) is 0 Å². The van der Waals surface area contributed by atoms with Gasteiger partial charge in [-0.25, -0.2) is 13.1 Å². The highest BCUT2D eigenvalue weighted by atomic mass is 32.2. The number of nitrogens with one attached hydrogen (secondary N) is 1. The summed E-state index contributed by atoms with van der Waals surface area (Å²) in [5.74, 6) is -1.15. The summed E-state index contributed by atoms with van der Waals surface area (Å²) in [6, 6.07) is 16.5. The molecule has 0 saturated heterocycles. The van der Waals surface area contributed by atoms with Gasteiger partial charge in [-0.05, 0) is 36.1 Å². The number of nitrogens with zero attached hydrogens (tertiary/aromatic N) is 1. The van der Waals surface area contributed by atoms with E-state index in [1.54, 1.807) is 29.2 Å². The molecule has 0 unspecified atom stereocenters. The Morgan fingerprint density at radius 1 is 1.07 bits per heavy atom. The Morgan fingerprint density at radius 3 is 2.59 bits per heavy atom. The number of anilines is 1. The molecule has 0 fully saturated rings. The second-order valence-electron chi connectivity index (χ2n) is 6.52. The van der Waals surface area contributed by atoms with Gasteiger partial charge in [-0.2, -0.15) is 0 Å². The Balaban J connectivity index is 1.48. The zero-order valence-electron chi connectivity index (χ0n) is 15.8. The standard InChI is InChI=1S/C21H22N2O5S/c24-20(23-13-6-10-18-9-4-5-11-19(18)23)16-28-21(25)15-22-29(26,27)14-12-17-7-2-1-3-8-17/h1-5,7-9,11-12,14,22H,6,10,13,15-16H2/b14-12+. The van der Waals surface area contributed by atoms with Gasteiger partial charge in [0.05, 0.1) is 0 Å². The topological polar surface area (TPSA) is 92.8 Å². The summed E-state index contributed by atoms with van der Waals surface area (Å²) >= 11 is 0. The molecule has 7 nitrogen and oxygen atoms in total. The fraction of sp³-hybridized carbons (Fsp3) is 0.238. The molecule has 2 aromatic rings. The third-order valence-corrected chi connectivity index (χ3v) is 5.47. The maximum Gasteiger partial charge on any atom is 0.321 e. The number of carbonyl (C=O) groups excluding carboxylic acids is 2. The van der Waals surface area contributed by atoms with E-state index in [4.69, 9.17) is 4.74 Å². The van der Waals surface area contributed by atoms with Gasteiger partial charge in [0, 0.05) is 17.6 Å². The van der Waals surface area contributed by atoms with Crippen LogP contribution in [-0.2, 0) is 30.8 Å². The van der Waals surface area contributed by atoms with Gasteiger partial charge in [-0.15, -0.1) is 0 Å². The van der Waals surface area contributed by atoms with Crippen molar-refractivity contribution < 1.29 is 22.7 Å². The molecule has 0 bridgehead atoms. The van der Waals surface area contributed by atoms with Crippen molar-refractivity contribution >= 4 is 33.7 Å². The molecule has 0 atom stereocenters. The van der Waals surface area contributed by atoms with Crippen LogP contribution in [0.1, 0.15) is 17.5 Å². The number of hydrogen-bond acceptors (Lipinski definition) is 5. The van der Waals surface area contributed by atoms with Crippen molar-refractivity contribution in [1.82, 2.24) is 4.72 Å². The lowest BCUT2D eigenvalue weighted by molar-refractivity contribution is -0.146. The van der Waals surface area contributed by atoms with E-state index in [-0.39, 0.29) is 5.91 Å². The number of sulfonamides is 1. The van der Waals surface area contributed by atoms with Gasteiger partial charge in [0.25, 0.3) is 5.91 Å². The van der Waals surface area contributed by atoms with Gasteiger partial charge in [0.1, 0.15) is 6.54 Å². The number of carbonyl (C=O) groups is 2. The van der Waals surface area contributed by atoms with Gasteiger partial charge in [-0.1, -0.05) is 48.5 Å². The molecule has 0 aromatic heterocycles. The highest BCUT2D eigenvalue weighted by Gasteiger charge is 2.23. The van der Waals surface area contributed by atoms with Crippen molar-refractivity contribution in [2.45, 2.75) is 12.8 Å². The zero-order chi connectivity index (χ0) is 20.7. The SMILES string of the molecule is O=C(CNS(=O)(=O)/C=C/c1ccccc1)OCC(=O)N1CCCc2ccccc21. The van der Waals surface area contributed by atoms with Gasteiger partial charge in [-0.3, -0.25) is 9.59 Å². The molecule has 1 aliphatic rings. The first-order chi connectivity index (χ1) is 13.9. The minimum atomic E-state index is -3.80. The largest absolute Gasteiger partial charge is 0.455 e. The van der Waals surface area contributed by atoms with E-state index in [1.165, 1.54) is 6.08 Å². The Morgan fingerprint density at radius 2 is 1.79 bits per heavy atom. The lowest BCUT2D eigenvalue weighted by Crippen LogP contribution is -2.39. The molecule has 1 amide bonds. The maximum atomic E-state index is 12.4. The number of ether oxygens (including phenoxy) is 1. The summed E-state index contributed by atoms with van der Waals surface area (Å²) in [6.45, 7) is -0.426. The quantitative estimate of drug-likeness (QED) is 0.701. The van der Waals surface area contributed by atoms with Gasteiger partial charge >= 0.3 is 5.97 Å². The number of hydrogen-bond donors (Lipinski definition) is 1. The summed E-state index contributed by atoms with van der Waals surface area (Å²) in [5, 5.41) is 0.978. The second-order valence-corrected chi connectivity index (χ2v) is 8.17. The first-order valence-electron chi connectivity index (χ1n) is 9.21. The number of fused-ring (bicyclic) bond motifs is 1. The second kappa shape index (κ2) is 9.49. The Labute approximate surface area is 170 Å². The molecule has 1 heterocycles. The normalized spacial score (nSPS) is 13.9. The van der Waals surface area contributed by atoms with Crippen molar-refractivity contribution in [2.24, 2.45) is 0 Å². The zero-order valence-corrected chi connectivity index (χ0v) is 16.6. The van der Waals surface area contributed by atoms with E-state index >= 15 is 0 Å². The van der Waals surface area contributed by atoms with Crippen molar-refractivity contribution in [3.63, 3.8) is 0 Å². The van der Waals surface area contributed by atoms with Crippen molar-refractivity contribution in [2.75, 3.05) is 24.6 Å². The molecule has 2 aromatic carbocycles. The monoisotopic (exact) mass is 414 g/mol. The van der Waals surface area contributed by atoms with Crippen LogP contribution in [0.5, 0.6) is 0 Å². The summed E-state index contributed by atoms with van der Waals surface area (Å²) in [5.41, 5.74) is 2.62. The van der Waals surface area contributed by atoms with Gasteiger partial charge in [0.2, 0.25) is 10.0 Å². The van der Waals surface area contributed by atoms with Crippen LogP contribution in [0.15, 0.2) is 60.0 Å². The maximum absolute atomic E-state index is 12.4. The minimum Gasteiger partial charge on any atom is -0.455 e. The van der Waals surface area contributed by atoms with E-state index in [1.807, 2.05) is 30.3 Å². The Hall–Kier alpha value is -2.97. The number of aryl methyl sites for hydroxylation is 1. The molecular formula is C21H22N2O5S. The van der Waals surface area contributed by atoms with Crippen LogP contribution in [-0.4, -0.2) is 40.0 Å². The highest BCUT2D eigenvalue weighted by molar-refractivity contribution is 7.92. The molecule has 0 aliphatic carbocycles. The molecule has 0 spiro atoms. The predicted octanol–water partition coefficient (Wildman–Crippen LogP) is 2.10. The molecule has 152 valence electrons. The average Bonchev–Trinajstić information content (AvgIpc) is 2.75. The molecule has 29 heavy (non-hydrogen) atoms. The molecule has 3 rings (SSSR count). The van der Waals surface area contributed by atoms with Crippen LogP contribution in [0.3, 0.4) is 0 Å². The number of rotatable bonds is 7. The summed E-state index contributed by atoms with van der Waals surface area (Å²) < 4.78 is 31.0. The predicted molar refractivity (Wildman–Crippen MR) is 110 cm³/mol. The van der Waals surface area contributed by atoms with E-state index in [9.17, 15) is 18.0 Å². The van der Waals surface area contributed by atoms with Crippen LogP contribution in [0.4, 0.5) is 5.69 Å². The van der Waals surface area contributed by atoms with Gasteiger partial charge < -0.3 is 9.64 Å². The molecular weight excluding hydrogens is 392 g/mol. The fourth-order valence-electron chi connectivity index (χ4n) is 3.00. The summed E-state index contributed by atoms with van der Waals surface area (Å²) in [7, 11) is -3.80. The van der Waals surface area contributed by atoms with E-state index < -0.39 is 29.1 Å².